The highest BCUT2D eigenvalue weighted by molar-refractivity contribution is 7.92. The molecule has 0 unspecified atom stereocenters. The molecule has 26 heavy (non-hydrogen) atoms. The second kappa shape index (κ2) is 7.13. The van der Waals surface area contributed by atoms with Gasteiger partial charge in [0.2, 0.25) is 0 Å². The van der Waals surface area contributed by atoms with Crippen molar-refractivity contribution in [3.8, 4) is 16.9 Å². The van der Waals surface area contributed by atoms with Crippen LogP contribution in [-0.2, 0) is 10.0 Å². The van der Waals surface area contributed by atoms with Gasteiger partial charge in [-0.2, -0.15) is 0 Å². The average molecular weight is 375 g/mol. The van der Waals surface area contributed by atoms with Crippen molar-refractivity contribution in [3.05, 3.63) is 78.4 Å². The molecule has 0 saturated carbocycles. The van der Waals surface area contributed by atoms with E-state index < -0.39 is 21.7 Å². The lowest BCUT2D eigenvalue weighted by Gasteiger charge is -2.14. The van der Waals surface area contributed by atoms with E-state index in [0.29, 0.717) is 11.3 Å². The van der Waals surface area contributed by atoms with Gasteiger partial charge in [0, 0.05) is 11.6 Å². The number of benzene rings is 3. The molecule has 0 heterocycles. The number of ether oxygens (including phenoxy) is 1. The van der Waals surface area contributed by atoms with Crippen molar-refractivity contribution in [1.29, 1.82) is 0 Å². The fourth-order valence-corrected chi connectivity index (χ4v) is 3.56. The van der Waals surface area contributed by atoms with Gasteiger partial charge >= 0.3 is 0 Å². The van der Waals surface area contributed by atoms with Crippen molar-refractivity contribution in [1.82, 2.24) is 0 Å². The predicted molar refractivity (Wildman–Crippen MR) is 95.6 cm³/mol. The Kier molecular flexibility index (Phi) is 4.90. The van der Waals surface area contributed by atoms with E-state index >= 15 is 0 Å². The molecule has 0 aliphatic rings. The van der Waals surface area contributed by atoms with E-state index in [0.717, 1.165) is 12.1 Å². The summed E-state index contributed by atoms with van der Waals surface area (Å²) in [5, 5.41) is 0. The summed E-state index contributed by atoms with van der Waals surface area (Å²) in [5.41, 5.74) is 0.609. The molecule has 0 amide bonds. The van der Waals surface area contributed by atoms with Crippen LogP contribution in [0.1, 0.15) is 0 Å². The number of methoxy groups -OCH3 is 1. The van der Waals surface area contributed by atoms with Crippen molar-refractivity contribution < 1.29 is 21.9 Å². The van der Waals surface area contributed by atoms with Gasteiger partial charge in [-0.05, 0) is 35.9 Å². The third kappa shape index (κ3) is 3.67. The minimum Gasteiger partial charge on any atom is -0.497 e. The van der Waals surface area contributed by atoms with Gasteiger partial charge in [-0.15, -0.1) is 0 Å². The maximum atomic E-state index is 13.8. The lowest BCUT2D eigenvalue weighted by atomic mass is 10.0. The first kappa shape index (κ1) is 17.9. The smallest absolute Gasteiger partial charge is 0.261 e. The van der Waals surface area contributed by atoms with E-state index in [9.17, 15) is 17.2 Å². The number of rotatable bonds is 5. The first-order valence-electron chi connectivity index (χ1n) is 7.62. The zero-order chi connectivity index (χ0) is 18.7. The van der Waals surface area contributed by atoms with E-state index in [-0.39, 0.29) is 16.1 Å². The van der Waals surface area contributed by atoms with Gasteiger partial charge in [0.25, 0.3) is 10.0 Å². The van der Waals surface area contributed by atoms with Gasteiger partial charge in [0.15, 0.2) is 11.6 Å². The van der Waals surface area contributed by atoms with Gasteiger partial charge in [-0.3, -0.25) is 4.72 Å². The summed E-state index contributed by atoms with van der Waals surface area (Å²) in [5.74, 6) is -1.73. The molecule has 1 N–H and O–H groups in total. The third-order valence-corrected chi connectivity index (χ3v) is 5.12. The molecule has 134 valence electrons. The van der Waals surface area contributed by atoms with Crippen LogP contribution in [-0.4, -0.2) is 15.5 Å². The van der Waals surface area contributed by atoms with Crippen molar-refractivity contribution in [2.45, 2.75) is 4.90 Å². The second-order valence-corrected chi connectivity index (χ2v) is 7.14. The van der Waals surface area contributed by atoms with Gasteiger partial charge in [-0.25, -0.2) is 17.2 Å². The monoisotopic (exact) mass is 375 g/mol. The van der Waals surface area contributed by atoms with E-state index in [1.54, 1.807) is 42.5 Å². The van der Waals surface area contributed by atoms with E-state index in [4.69, 9.17) is 4.74 Å². The predicted octanol–water partition coefficient (Wildman–Crippen LogP) is 4.44. The number of anilines is 1. The van der Waals surface area contributed by atoms with E-state index in [1.165, 1.54) is 19.2 Å². The molecule has 4 nitrogen and oxygen atoms in total. The maximum Gasteiger partial charge on any atom is 0.261 e. The Morgan fingerprint density at radius 2 is 1.58 bits per heavy atom. The molecule has 0 saturated heterocycles. The van der Waals surface area contributed by atoms with Crippen LogP contribution in [0.15, 0.2) is 71.6 Å². The van der Waals surface area contributed by atoms with Gasteiger partial charge in [0.05, 0.1) is 17.7 Å². The summed E-state index contributed by atoms with van der Waals surface area (Å²) in [6.07, 6.45) is 0. The highest BCUT2D eigenvalue weighted by Crippen LogP contribution is 2.33. The molecular formula is C19H15F2NO3S. The lowest BCUT2D eigenvalue weighted by Crippen LogP contribution is -2.14. The van der Waals surface area contributed by atoms with Gasteiger partial charge in [0.1, 0.15) is 5.75 Å². The van der Waals surface area contributed by atoms with Gasteiger partial charge < -0.3 is 4.74 Å². The molecular weight excluding hydrogens is 360 g/mol. The summed E-state index contributed by atoms with van der Waals surface area (Å²) >= 11 is 0. The number of halogens is 2. The van der Waals surface area contributed by atoms with Crippen molar-refractivity contribution in [3.63, 3.8) is 0 Å². The number of hydrogen-bond acceptors (Lipinski definition) is 3. The molecule has 0 atom stereocenters. The molecule has 0 fully saturated rings. The zero-order valence-electron chi connectivity index (χ0n) is 13.7. The van der Waals surface area contributed by atoms with Crippen LogP contribution in [0.5, 0.6) is 5.75 Å². The third-order valence-electron chi connectivity index (χ3n) is 3.74. The highest BCUT2D eigenvalue weighted by atomic mass is 32.2. The van der Waals surface area contributed by atoms with Crippen LogP contribution >= 0.6 is 0 Å². The van der Waals surface area contributed by atoms with Crippen molar-refractivity contribution >= 4 is 15.7 Å². The molecule has 0 aliphatic carbocycles. The Hall–Kier alpha value is -2.93. The van der Waals surface area contributed by atoms with E-state index in [2.05, 4.69) is 4.72 Å². The summed E-state index contributed by atoms with van der Waals surface area (Å²) in [4.78, 5) is 0.0151. The lowest BCUT2D eigenvalue weighted by molar-refractivity contribution is 0.415. The minimum absolute atomic E-state index is 0.0151. The quantitative estimate of drug-likeness (QED) is 0.717. The number of sulfonamides is 1. The van der Waals surface area contributed by atoms with Crippen molar-refractivity contribution in [2.75, 3.05) is 11.8 Å². The van der Waals surface area contributed by atoms with Crippen LogP contribution in [0, 0.1) is 11.6 Å². The molecule has 3 rings (SSSR count). The Morgan fingerprint density at radius 1 is 0.885 bits per heavy atom. The summed E-state index contributed by atoms with van der Waals surface area (Å²) < 4.78 is 60.1. The topological polar surface area (TPSA) is 55.4 Å². The van der Waals surface area contributed by atoms with Crippen LogP contribution in [0.3, 0.4) is 0 Å². The molecule has 7 heteroatoms. The van der Waals surface area contributed by atoms with Crippen LogP contribution in [0.4, 0.5) is 14.5 Å². The number of hydrogen-bond donors (Lipinski definition) is 1. The van der Waals surface area contributed by atoms with Crippen LogP contribution in [0.25, 0.3) is 11.1 Å². The molecule has 0 radical (unpaired) electrons. The fraction of sp³-hybridized carbons (Fsp3) is 0.0526. The van der Waals surface area contributed by atoms with Crippen LogP contribution < -0.4 is 9.46 Å². The molecule has 0 spiro atoms. The molecule has 0 bridgehead atoms. The zero-order valence-corrected chi connectivity index (χ0v) is 14.6. The fourth-order valence-electron chi connectivity index (χ4n) is 2.46. The Bertz CT molecular complexity index is 1040. The minimum atomic E-state index is -3.96. The molecule has 3 aromatic rings. The van der Waals surface area contributed by atoms with E-state index in [1.807, 2.05) is 0 Å². The summed E-state index contributed by atoms with van der Waals surface area (Å²) in [6.45, 7) is 0. The average Bonchev–Trinajstić information content (AvgIpc) is 2.65. The standard InChI is InChI=1S/C19H15F2NO3S/c1-25-14-7-5-6-13(10-14)16-11-17(20)18(21)12-19(16)22-26(23,24)15-8-3-2-4-9-15/h2-12,22H,1H3. The summed E-state index contributed by atoms with van der Waals surface area (Å²) in [6, 6.07) is 16.0. The molecule has 0 aliphatic heterocycles. The molecule has 0 aromatic heterocycles. The first-order valence-corrected chi connectivity index (χ1v) is 9.10. The Morgan fingerprint density at radius 3 is 2.27 bits per heavy atom. The Labute approximate surface area is 150 Å². The highest BCUT2D eigenvalue weighted by Gasteiger charge is 2.19. The second-order valence-electron chi connectivity index (χ2n) is 5.46. The summed E-state index contributed by atoms with van der Waals surface area (Å²) in [7, 11) is -2.48. The maximum absolute atomic E-state index is 13.8. The number of nitrogens with one attached hydrogen (secondary N) is 1. The normalized spacial score (nSPS) is 11.2. The molecule has 3 aromatic carbocycles. The first-order chi connectivity index (χ1) is 12.4. The van der Waals surface area contributed by atoms with Crippen LogP contribution in [0.2, 0.25) is 0 Å². The van der Waals surface area contributed by atoms with Gasteiger partial charge in [-0.1, -0.05) is 30.3 Å². The largest absolute Gasteiger partial charge is 0.497 e. The van der Waals surface area contributed by atoms with Crippen molar-refractivity contribution in [2.24, 2.45) is 0 Å². The Balaban J connectivity index is 2.11. The SMILES string of the molecule is COc1cccc(-c2cc(F)c(F)cc2NS(=O)(=O)c2ccccc2)c1.